The maximum absolute atomic E-state index is 12.7. The zero-order chi connectivity index (χ0) is 16.8. The number of piperidine rings is 1. The summed E-state index contributed by atoms with van der Waals surface area (Å²) in [5, 5.41) is 9.16. The molecule has 0 bridgehead atoms. The fraction of sp³-hybridized carbons (Fsp3) is 0.556. The second-order valence-corrected chi connectivity index (χ2v) is 6.09. The van der Waals surface area contributed by atoms with Crippen molar-refractivity contribution in [2.75, 3.05) is 26.2 Å². The molecule has 1 aromatic rings. The minimum absolute atomic E-state index is 0.0580. The molecule has 1 amide bonds. The molecule has 5 heteroatoms. The van der Waals surface area contributed by atoms with E-state index in [0.29, 0.717) is 25.1 Å². The minimum Gasteiger partial charge on any atom is -0.481 e. The van der Waals surface area contributed by atoms with Gasteiger partial charge in [-0.1, -0.05) is 26.0 Å². The third-order valence-electron chi connectivity index (χ3n) is 4.53. The normalized spacial score (nSPS) is 18.2. The van der Waals surface area contributed by atoms with Crippen LogP contribution in [0.2, 0.25) is 0 Å². The highest BCUT2D eigenvalue weighted by molar-refractivity contribution is 5.94. The Balaban J connectivity index is 2.08. The van der Waals surface area contributed by atoms with Crippen molar-refractivity contribution in [3.63, 3.8) is 0 Å². The van der Waals surface area contributed by atoms with Crippen LogP contribution in [0.1, 0.15) is 42.6 Å². The van der Waals surface area contributed by atoms with E-state index < -0.39 is 11.9 Å². The van der Waals surface area contributed by atoms with Crippen LogP contribution in [-0.4, -0.2) is 53.0 Å². The number of aliphatic carboxylic acids is 1. The van der Waals surface area contributed by atoms with Gasteiger partial charge < -0.3 is 10.0 Å². The van der Waals surface area contributed by atoms with Crippen molar-refractivity contribution in [2.24, 2.45) is 5.92 Å². The average Bonchev–Trinajstić information content (AvgIpc) is 2.59. The molecule has 0 radical (unpaired) electrons. The second kappa shape index (κ2) is 8.11. The zero-order valence-corrected chi connectivity index (χ0v) is 14.0. The lowest BCUT2D eigenvalue weighted by Crippen LogP contribution is -2.42. The summed E-state index contributed by atoms with van der Waals surface area (Å²) in [6.07, 6.45) is 1.41. The molecule has 0 saturated carbocycles. The number of likely N-dealkylation sites (tertiary alicyclic amines) is 1. The van der Waals surface area contributed by atoms with Crippen LogP contribution in [0.3, 0.4) is 0 Å². The standard InChI is InChI=1S/C18H26N2O3/c1-3-19(4-2)12-14-7-5-8-15(11-14)17(21)20-10-6-9-16(13-20)18(22)23/h5,7-8,11,16H,3-4,6,9-10,12-13H2,1-2H3,(H,22,23). The first kappa shape index (κ1) is 17.5. The summed E-state index contributed by atoms with van der Waals surface area (Å²) >= 11 is 0. The number of carbonyl (C=O) groups is 2. The minimum atomic E-state index is -0.808. The van der Waals surface area contributed by atoms with E-state index >= 15 is 0 Å². The van der Waals surface area contributed by atoms with Crippen molar-refractivity contribution < 1.29 is 14.7 Å². The molecule has 0 spiro atoms. The van der Waals surface area contributed by atoms with Crippen LogP contribution in [0, 0.1) is 5.92 Å². The number of hydrogen-bond acceptors (Lipinski definition) is 3. The van der Waals surface area contributed by atoms with Gasteiger partial charge in [0.05, 0.1) is 5.92 Å². The van der Waals surface area contributed by atoms with Crippen molar-refractivity contribution in [1.82, 2.24) is 9.80 Å². The Morgan fingerprint density at radius 3 is 2.70 bits per heavy atom. The lowest BCUT2D eigenvalue weighted by atomic mass is 9.97. The fourth-order valence-electron chi connectivity index (χ4n) is 3.05. The number of hydrogen-bond donors (Lipinski definition) is 1. The van der Waals surface area contributed by atoms with Crippen molar-refractivity contribution in [1.29, 1.82) is 0 Å². The number of carboxylic acids is 1. The molecule has 0 aromatic heterocycles. The van der Waals surface area contributed by atoms with Crippen LogP contribution in [-0.2, 0) is 11.3 Å². The third kappa shape index (κ3) is 4.55. The zero-order valence-electron chi connectivity index (χ0n) is 14.0. The molecule has 5 nitrogen and oxygen atoms in total. The monoisotopic (exact) mass is 318 g/mol. The maximum atomic E-state index is 12.7. The smallest absolute Gasteiger partial charge is 0.308 e. The Hall–Kier alpha value is -1.88. The first-order valence-electron chi connectivity index (χ1n) is 8.38. The first-order chi connectivity index (χ1) is 11.0. The van der Waals surface area contributed by atoms with Gasteiger partial charge in [-0.25, -0.2) is 0 Å². The predicted octanol–water partition coefficient (Wildman–Crippen LogP) is 2.47. The van der Waals surface area contributed by atoms with E-state index in [1.807, 2.05) is 24.3 Å². The van der Waals surface area contributed by atoms with Gasteiger partial charge >= 0.3 is 5.97 Å². The summed E-state index contributed by atoms with van der Waals surface area (Å²) in [5.41, 5.74) is 1.77. The van der Waals surface area contributed by atoms with E-state index in [1.165, 1.54) is 0 Å². The van der Waals surface area contributed by atoms with Gasteiger partial charge in [0.1, 0.15) is 0 Å². The van der Waals surface area contributed by atoms with Crippen molar-refractivity contribution in [3.05, 3.63) is 35.4 Å². The molecule has 1 unspecified atom stereocenters. The lowest BCUT2D eigenvalue weighted by Gasteiger charge is -2.31. The van der Waals surface area contributed by atoms with Crippen LogP contribution in [0.15, 0.2) is 24.3 Å². The highest BCUT2D eigenvalue weighted by Crippen LogP contribution is 2.19. The van der Waals surface area contributed by atoms with E-state index in [-0.39, 0.29) is 5.91 Å². The molecule has 1 aromatic carbocycles. The van der Waals surface area contributed by atoms with Gasteiger partial charge in [0.2, 0.25) is 0 Å². The van der Waals surface area contributed by atoms with Crippen molar-refractivity contribution in [2.45, 2.75) is 33.2 Å². The summed E-state index contributed by atoms with van der Waals surface area (Å²) in [6.45, 7) is 7.97. The quantitative estimate of drug-likeness (QED) is 0.875. The van der Waals surface area contributed by atoms with Crippen LogP contribution < -0.4 is 0 Å². The lowest BCUT2D eigenvalue weighted by molar-refractivity contribution is -0.143. The van der Waals surface area contributed by atoms with Gasteiger partial charge in [0.15, 0.2) is 0 Å². The summed E-state index contributed by atoms with van der Waals surface area (Å²) < 4.78 is 0. The Kier molecular flexibility index (Phi) is 6.16. The first-order valence-corrected chi connectivity index (χ1v) is 8.38. The topological polar surface area (TPSA) is 60.9 Å². The average molecular weight is 318 g/mol. The van der Waals surface area contributed by atoms with Crippen molar-refractivity contribution in [3.8, 4) is 0 Å². The highest BCUT2D eigenvalue weighted by atomic mass is 16.4. The molecule has 1 atom stereocenters. The fourth-order valence-corrected chi connectivity index (χ4v) is 3.05. The van der Waals surface area contributed by atoms with Gasteiger partial charge in [-0.3, -0.25) is 14.5 Å². The Morgan fingerprint density at radius 2 is 2.04 bits per heavy atom. The number of benzene rings is 1. The summed E-state index contributed by atoms with van der Waals surface area (Å²) in [4.78, 5) is 27.8. The molecule has 126 valence electrons. The number of rotatable bonds is 6. The Morgan fingerprint density at radius 1 is 1.30 bits per heavy atom. The highest BCUT2D eigenvalue weighted by Gasteiger charge is 2.28. The number of carboxylic acid groups (broad SMARTS) is 1. The van der Waals surface area contributed by atoms with Gasteiger partial charge in [0.25, 0.3) is 5.91 Å². The molecule has 23 heavy (non-hydrogen) atoms. The molecule has 1 N–H and O–H groups in total. The van der Waals surface area contributed by atoms with Gasteiger partial charge in [-0.05, 0) is 43.6 Å². The number of carbonyl (C=O) groups excluding carboxylic acids is 1. The molecule has 0 aliphatic carbocycles. The molecule has 2 rings (SSSR count). The summed E-state index contributed by atoms with van der Waals surface area (Å²) in [7, 11) is 0. The summed E-state index contributed by atoms with van der Waals surface area (Å²) in [5.74, 6) is -1.30. The van der Waals surface area contributed by atoms with Gasteiger partial charge in [-0.2, -0.15) is 0 Å². The number of nitrogens with zero attached hydrogens (tertiary/aromatic N) is 2. The van der Waals surface area contributed by atoms with Crippen LogP contribution in [0.4, 0.5) is 0 Å². The molecular formula is C18H26N2O3. The van der Waals surface area contributed by atoms with E-state index in [2.05, 4.69) is 18.7 Å². The van der Waals surface area contributed by atoms with Crippen molar-refractivity contribution >= 4 is 11.9 Å². The van der Waals surface area contributed by atoms with E-state index in [0.717, 1.165) is 31.6 Å². The predicted molar refractivity (Wildman–Crippen MR) is 89.3 cm³/mol. The maximum Gasteiger partial charge on any atom is 0.308 e. The largest absolute Gasteiger partial charge is 0.481 e. The van der Waals surface area contributed by atoms with E-state index in [4.69, 9.17) is 5.11 Å². The number of amides is 1. The molecule has 1 heterocycles. The third-order valence-corrected chi connectivity index (χ3v) is 4.53. The van der Waals surface area contributed by atoms with Crippen LogP contribution in [0.25, 0.3) is 0 Å². The molecular weight excluding hydrogens is 292 g/mol. The van der Waals surface area contributed by atoms with Crippen LogP contribution in [0.5, 0.6) is 0 Å². The van der Waals surface area contributed by atoms with E-state index in [9.17, 15) is 9.59 Å². The molecule has 1 saturated heterocycles. The Bertz CT molecular complexity index is 555. The van der Waals surface area contributed by atoms with Gasteiger partial charge in [-0.15, -0.1) is 0 Å². The summed E-state index contributed by atoms with van der Waals surface area (Å²) in [6, 6.07) is 7.69. The Labute approximate surface area is 137 Å². The molecule has 1 aliphatic heterocycles. The van der Waals surface area contributed by atoms with E-state index in [1.54, 1.807) is 4.90 Å². The SMILES string of the molecule is CCN(CC)Cc1cccc(C(=O)N2CCCC(C(=O)O)C2)c1. The van der Waals surface area contributed by atoms with Crippen LogP contribution >= 0.6 is 0 Å². The molecule has 1 fully saturated rings. The van der Waals surface area contributed by atoms with Gasteiger partial charge in [0, 0.05) is 25.2 Å². The second-order valence-electron chi connectivity index (χ2n) is 6.09. The molecule has 1 aliphatic rings.